The van der Waals surface area contributed by atoms with Crippen LogP contribution in [0.2, 0.25) is 0 Å². The van der Waals surface area contributed by atoms with E-state index in [-0.39, 0.29) is 5.03 Å². The summed E-state index contributed by atoms with van der Waals surface area (Å²) in [6.07, 6.45) is -2.93. The molecule has 0 fully saturated rings. The molecule has 2 N–H and O–H groups in total. The van der Waals surface area contributed by atoms with Crippen molar-refractivity contribution < 1.29 is 13.2 Å². The van der Waals surface area contributed by atoms with E-state index in [1.807, 2.05) is 0 Å². The number of pyridine rings is 2. The van der Waals surface area contributed by atoms with Crippen LogP contribution in [0.1, 0.15) is 5.69 Å². The van der Waals surface area contributed by atoms with Crippen LogP contribution in [0, 0.1) is 0 Å². The number of alkyl halides is 3. The van der Waals surface area contributed by atoms with E-state index in [1.54, 1.807) is 12.1 Å². The number of nitrogens with zero attached hydrogens (tertiary/aromatic N) is 2. The van der Waals surface area contributed by atoms with E-state index >= 15 is 0 Å². The lowest BCUT2D eigenvalue weighted by Crippen LogP contribution is -2.07. The van der Waals surface area contributed by atoms with E-state index in [2.05, 4.69) is 9.97 Å². The second-order valence-electron chi connectivity index (χ2n) is 3.36. The topological polar surface area (TPSA) is 51.8 Å². The quantitative estimate of drug-likeness (QED) is 0.911. The van der Waals surface area contributed by atoms with E-state index in [0.29, 0.717) is 10.7 Å². The molecule has 94 valence electrons. The summed E-state index contributed by atoms with van der Waals surface area (Å²) in [5, 5.41) is 0.638. The van der Waals surface area contributed by atoms with Crippen molar-refractivity contribution in [1.82, 2.24) is 9.97 Å². The first-order valence-corrected chi connectivity index (χ1v) is 5.71. The van der Waals surface area contributed by atoms with Gasteiger partial charge in [0.15, 0.2) is 0 Å². The van der Waals surface area contributed by atoms with Gasteiger partial charge in [-0.15, -0.1) is 0 Å². The summed E-state index contributed by atoms with van der Waals surface area (Å²) in [5.74, 6) is 0. The summed E-state index contributed by atoms with van der Waals surface area (Å²) >= 11 is 0.997. The summed E-state index contributed by atoms with van der Waals surface area (Å²) in [6, 6.07) is 6.99. The van der Waals surface area contributed by atoms with Gasteiger partial charge in [0.05, 0.1) is 5.69 Å². The molecule has 0 aromatic carbocycles. The highest BCUT2D eigenvalue weighted by Gasteiger charge is 2.32. The first-order chi connectivity index (χ1) is 8.47. The minimum Gasteiger partial charge on any atom is -0.397 e. The molecular formula is C11H8F3N3S. The van der Waals surface area contributed by atoms with Crippen LogP contribution in [0.25, 0.3) is 0 Å². The maximum atomic E-state index is 12.5. The Morgan fingerprint density at radius 2 is 1.89 bits per heavy atom. The molecule has 0 radical (unpaired) electrons. The smallest absolute Gasteiger partial charge is 0.397 e. The highest BCUT2D eigenvalue weighted by molar-refractivity contribution is 7.99. The van der Waals surface area contributed by atoms with Crippen molar-refractivity contribution in [3.63, 3.8) is 0 Å². The monoisotopic (exact) mass is 271 g/mol. The third-order valence-corrected chi connectivity index (χ3v) is 2.99. The van der Waals surface area contributed by atoms with E-state index < -0.39 is 11.9 Å². The summed E-state index contributed by atoms with van der Waals surface area (Å²) in [4.78, 5) is 7.50. The van der Waals surface area contributed by atoms with E-state index in [4.69, 9.17) is 5.73 Å². The van der Waals surface area contributed by atoms with Gasteiger partial charge in [0.2, 0.25) is 0 Å². The van der Waals surface area contributed by atoms with Gasteiger partial charge < -0.3 is 5.73 Å². The van der Waals surface area contributed by atoms with Crippen molar-refractivity contribution in [1.29, 1.82) is 0 Å². The van der Waals surface area contributed by atoms with E-state index in [0.717, 1.165) is 17.8 Å². The van der Waals surface area contributed by atoms with Gasteiger partial charge in [0, 0.05) is 6.20 Å². The van der Waals surface area contributed by atoms with Gasteiger partial charge in [0.1, 0.15) is 15.7 Å². The predicted molar refractivity (Wildman–Crippen MR) is 62.0 cm³/mol. The van der Waals surface area contributed by atoms with E-state index in [9.17, 15) is 13.2 Å². The third-order valence-electron chi connectivity index (χ3n) is 2.02. The zero-order valence-electron chi connectivity index (χ0n) is 8.98. The molecule has 2 aromatic heterocycles. The van der Waals surface area contributed by atoms with Gasteiger partial charge in [0.25, 0.3) is 0 Å². The van der Waals surface area contributed by atoms with Crippen molar-refractivity contribution in [3.05, 3.63) is 42.2 Å². The highest BCUT2D eigenvalue weighted by Crippen LogP contribution is 2.32. The summed E-state index contributed by atoms with van der Waals surface area (Å²) < 4.78 is 37.4. The Hall–Kier alpha value is -1.76. The van der Waals surface area contributed by atoms with E-state index in [1.165, 1.54) is 18.3 Å². The Labute approximate surface area is 105 Å². The number of hydrogen-bond donors (Lipinski definition) is 1. The largest absolute Gasteiger partial charge is 0.433 e. The standard InChI is InChI=1S/C11H8F3N3S/c12-11(13,14)8-4-1-5-9(17-8)18-10-7(15)3-2-6-16-10/h1-6H,15H2. The average molecular weight is 271 g/mol. The number of aromatic nitrogens is 2. The van der Waals surface area contributed by atoms with Gasteiger partial charge in [-0.25, -0.2) is 9.97 Å². The van der Waals surface area contributed by atoms with Crippen molar-refractivity contribution in [2.75, 3.05) is 5.73 Å². The van der Waals surface area contributed by atoms with Crippen LogP contribution in [-0.2, 0) is 6.18 Å². The molecule has 0 atom stereocenters. The molecule has 0 bridgehead atoms. The van der Waals surface area contributed by atoms with Crippen LogP contribution < -0.4 is 5.73 Å². The molecule has 0 aliphatic heterocycles. The normalized spacial score (nSPS) is 11.5. The van der Waals surface area contributed by atoms with Crippen molar-refractivity contribution in [2.24, 2.45) is 0 Å². The average Bonchev–Trinajstić information content (AvgIpc) is 2.31. The maximum absolute atomic E-state index is 12.5. The molecule has 0 unspecified atom stereocenters. The Morgan fingerprint density at radius 3 is 2.56 bits per heavy atom. The Kier molecular flexibility index (Phi) is 3.42. The molecule has 0 saturated heterocycles. The molecule has 18 heavy (non-hydrogen) atoms. The van der Waals surface area contributed by atoms with Crippen LogP contribution in [0.5, 0.6) is 0 Å². The molecule has 2 aromatic rings. The number of rotatable bonds is 2. The summed E-state index contributed by atoms with van der Waals surface area (Å²) in [7, 11) is 0. The summed E-state index contributed by atoms with van der Waals surface area (Å²) in [6.45, 7) is 0. The third kappa shape index (κ3) is 2.92. The lowest BCUT2D eigenvalue weighted by molar-refractivity contribution is -0.141. The molecule has 0 aliphatic rings. The molecule has 0 aliphatic carbocycles. The second-order valence-corrected chi connectivity index (χ2v) is 4.37. The Balaban J connectivity index is 2.28. The van der Waals surface area contributed by atoms with Crippen molar-refractivity contribution >= 4 is 17.4 Å². The summed E-state index contributed by atoms with van der Waals surface area (Å²) in [5.41, 5.74) is 5.13. The van der Waals surface area contributed by atoms with Crippen LogP contribution in [0.4, 0.5) is 18.9 Å². The zero-order valence-corrected chi connectivity index (χ0v) is 9.79. The molecule has 0 saturated carbocycles. The van der Waals surface area contributed by atoms with Crippen molar-refractivity contribution in [3.8, 4) is 0 Å². The molecule has 0 spiro atoms. The molecule has 3 nitrogen and oxygen atoms in total. The van der Waals surface area contributed by atoms with Crippen LogP contribution in [-0.4, -0.2) is 9.97 Å². The fourth-order valence-electron chi connectivity index (χ4n) is 1.22. The van der Waals surface area contributed by atoms with Gasteiger partial charge >= 0.3 is 6.18 Å². The predicted octanol–water partition coefficient (Wildman–Crippen LogP) is 3.23. The van der Waals surface area contributed by atoms with Crippen LogP contribution in [0.3, 0.4) is 0 Å². The minimum atomic E-state index is -4.45. The fourth-order valence-corrected chi connectivity index (χ4v) is 2.01. The molecule has 0 amide bonds. The lowest BCUT2D eigenvalue weighted by atomic mass is 10.3. The number of nitrogen functional groups attached to an aromatic ring is 1. The fraction of sp³-hybridized carbons (Fsp3) is 0.0909. The number of nitrogens with two attached hydrogens (primary N) is 1. The maximum Gasteiger partial charge on any atom is 0.433 e. The number of halogens is 3. The molecule has 2 heterocycles. The lowest BCUT2D eigenvalue weighted by Gasteiger charge is -2.07. The Morgan fingerprint density at radius 1 is 1.11 bits per heavy atom. The number of hydrogen-bond acceptors (Lipinski definition) is 4. The zero-order chi connectivity index (χ0) is 13.2. The van der Waals surface area contributed by atoms with Gasteiger partial charge in [-0.2, -0.15) is 13.2 Å². The SMILES string of the molecule is Nc1cccnc1Sc1cccc(C(F)(F)F)n1. The first kappa shape index (κ1) is 12.7. The van der Waals surface area contributed by atoms with Crippen molar-refractivity contribution in [2.45, 2.75) is 16.2 Å². The van der Waals surface area contributed by atoms with Crippen LogP contribution in [0.15, 0.2) is 46.6 Å². The van der Waals surface area contributed by atoms with Gasteiger partial charge in [-0.05, 0) is 36.0 Å². The Bertz CT molecular complexity index is 557. The minimum absolute atomic E-state index is 0.204. The second kappa shape index (κ2) is 4.85. The molecular weight excluding hydrogens is 263 g/mol. The van der Waals surface area contributed by atoms with Gasteiger partial charge in [-0.1, -0.05) is 6.07 Å². The van der Waals surface area contributed by atoms with Gasteiger partial charge in [-0.3, -0.25) is 0 Å². The van der Waals surface area contributed by atoms with Crippen LogP contribution >= 0.6 is 11.8 Å². The first-order valence-electron chi connectivity index (χ1n) is 4.89. The number of anilines is 1. The highest BCUT2D eigenvalue weighted by atomic mass is 32.2. The molecule has 2 rings (SSSR count). The molecule has 7 heteroatoms.